The largest absolute Gasteiger partial charge is 0.254 e. The summed E-state index contributed by atoms with van der Waals surface area (Å²) < 4.78 is 0.942. The molecule has 0 aliphatic heterocycles. The van der Waals surface area contributed by atoms with Gasteiger partial charge in [-0.2, -0.15) is 0 Å². The molecule has 0 amide bonds. The molecule has 0 spiro atoms. The molecular formula is C15H10BrClN2S. The molecule has 0 fully saturated rings. The van der Waals surface area contributed by atoms with E-state index in [9.17, 15) is 0 Å². The van der Waals surface area contributed by atoms with Crippen molar-refractivity contribution < 1.29 is 0 Å². The number of halogens is 2. The molecule has 3 rings (SSSR count). The molecule has 2 nitrogen and oxygen atoms in total. The van der Waals surface area contributed by atoms with Gasteiger partial charge in [-0.3, -0.25) is 9.97 Å². The van der Waals surface area contributed by atoms with Crippen molar-refractivity contribution in [1.82, 2.24) is 9.97 Å². The van der Waals surface area contributed by atoms with Gasteiger partial charge in [0.05, 0.1) is 5.52 Å². The van der Waals surface area contributed by atoms with Crippen LogP contribution in [-0.4, -0.2) is 9.97 Å². The summed E-state index contributed by atoms with van der Waals surface area (Å²) in [6.07, 6.45) is 3.62. The second-order valence-electron chi connectivity index (χ2n) is 4.25. The van der Waals surface area contributed by atoms with E-state index in [-0.39, 0.29) is 0 Å². The van der Waals surface area contributed by atoms with Crippen LogP contribution in [0.1, 0.15) is 5.56 Å². The minimum Gasteiger partial charge on any atom is -0.254 e. The third kappa shape index (κ3) is 3.14. The predicted molar refractivity (Wildman–Crippen MR) is 88.3 cm³/mol. The van der Waals surface area contributed by atoms with E-state index in [2.05, 4.69) is 25.9 Å². The Hall–Kier alpha value is -1.10. The molecule has 0 unspecified atom stereocenters. The minimum absolute atomic E-state index is 0.764. The Morgan fingerprint density at radius 1 is 1.10 bits per heavy atom. The fraction of sp³-hybridized carbons (Fsp3) is 0.0667. The van der Waals surface area contributed by atoms with Crippen LogP contribution < -0.4 is 0 Å². The van der Waals surface area contributed by atoms with Crippen molar-refractivity contribution in [3.05, 3.63) is 63.9 Å². The number of nitrogens with zero attached hydrogens (tertiary/aromatic N) is 2. The van der Waals surface area contributed by atoms with E-state index in [0.29, 0.717) is 0 Å². The van der Waals surface area contributed by atoms with Crippen LogP contribution in [0.4, 0.5) is 0 Å². The van der Waals surface area contributed by atoms with Crippen LogP contribution >= 0.6 is 39.3 Å². The van der Waals surface area contributed by atoms with Crippen molar-refractivity contribution in [2.45, 2.75) is 10.6 Å². The lowest BCUT2D eigenvalue weighted by molar-refractivity contribution is 1.26. The average Bonchev–Trinajstić information content (AvgIpc) is 2.46. The van der Waals surface area contributed by atoms with Gasteiger partial charge in [0.2, 0.25) is 0 Å². The van der Waals surface area contributed by atoms with Gasteiger partial charge < -0.3 is 0 Å². The van der Waals surface area contributed by atoms with Crippen molar-refractivity contribution in [2.24, 2.45) is 0 Å². The molecule has 2 heterocycles. The van der Waals surface area contributed by atoms with Crippen LogP contribution in [0.3, 0.4) is 0 Å². The highest BCUT2D eigenvalue weighted by Gasteiger charge is 2.05. The Balaban J connectivity index is 1.85. The lowest BCUT2D eigenvalue weighted by atomic mass is 10.2. The molecular weight excluding hydrogens is 356 g/mol. The smallest absolute Gasteiger partial charge is 0.102 e. The molecule has 1 aromatic carbocycles. The zero-order valence-electron chi connectivity index (χ0n) is 10.4. The van der Waals surface area contributed by atoms with Gasteiger partial charge in [-0.05, 0) is 45.8 Å². The highest BCUT2D eigenvalue weighted by Crippen LogP contribution is 2.29. The molecule has 0 N–H and O–H groups in total. The van der Waals surface area contributed by atoms with Crippen molar-refractivity contribution in [3.63, 3.8) is 0 Å². The Morgan fingerprint density at radius 2 is 1.90 bits per heavy atom. The molecule has 100 valence electrons. The van der Waals surface area contributed by atoms with Gasteiger partial charge in [-0.25, -0.2) is 0 Å². The van der Waals surface area contributed by atoms with Crippen LogP contribution in [-0.2, 0) is 5.75 Å². The fourth-order valence-corrected chi connectivity index (χ4v) is 3.25. The van der Waals surface area contributed by atoms with Gasteiger partial charge in [0.25, 0.3) is 0 Å². The lowest BCUT2D eigenvalue weighted by Gasteiger charge is -2.05. The number of thioether (sulfide) groups is 1. The van der Waals surface area contributed by atoms with Crippen molar-refractivity contribution in [3.8, 4) is 0 Å². The Labute approximate surface area is 134 Å². The average molecular weight is 366 g/mol. The van der Waals surface area contributed by atoms with E-state index in [1.54, 1.807) is 18.0 Å². The monoisotopic (exact) mass is 364 g/mol. The molecule has 3 aromatic rings. The number of benzene rings is 1. The van der Waals surface area contributed by atoms with E-state index in [1.165, 1.54) is 5.56 Å². The van der Waals surface area contributed by atoms with Gasteiger partial charge >= 0.3 is 0 Å². The molecule has 2 aromatic heterocycles. The maximum Gasteiger partial charge on any atom is 0.102 e. The SMILES string of the molecule is Clc1ccc(CSc2ccnc3cc(Br)cnc23)cc1. The summed E-state index contributed by atoms with van der Waals surface area (Å²) in [6, 6.07) is 11.9. The van der Waals surface area contributed by atoms with E-state index in [0.717, 1.165) is 31.2 Å². The molecule has 0 aliphatic rings. The van der Waals surface area contributed by atoms with Gasteiger partial charge in [0.1, 0.15) is 5.52 Å². The van der Waals surface area contributed by atoms with Crippen LogP contribution in [0.15, 0.2) is 58.2 Å². The zero-order chi connectivity index (χ0) is 13.9. The van der Waals surface area contributed by atoms with E-state index >= 15 is 0 Å². The summed E-state index contributed by atoms with van der Waals surface area (Å²) in [7, 11) is 0. The Morgan fingerprint density at radius 3 is 2.70 bits per heavy atom. The molecule has 20 heavy (non-hydrogen) atoms. The topological polar surface area (TPSA) is 25.8 Å². The summed E-state index contributed by atoms with van der Waals surface area (Å²) in [5, 5.41) is 0.764. The number of hydrogen-bond acceptors (Lipinski definition) is 3. The van der Waals surface area contributed by atoms with Gasteiger partial charge in [-0.1, -0.05) is 23.7 Å². The second-order valence-corrected chi connectivity index (χ2v) is 6.61. The van der Waals surface area contributed by atoms with Crippen molar-refractivity contribution in [2.75, 3.05) is 0 Å². The summed E-state index contributed by atoms with van der Waals surface area (Å²) >= 11 is 11.1. The van der Waals surface area contributed by atoms with Crippen LogP contribution in [0.25, 0.3) is 11.0 Å². The highest BCUT2D eigenvalue weighted by atomic mass is 79.9. The first kappa shape index (κ1) is 13.9. The van der Waals surface area contributed by atoms with Crippen molar-refractivity contribution >= 4 is 50.3 Å². The molecule has 5 heteroatoms. The minimum atomic E-state index is 0.764. The van der Waals surface area contributed by atoms with E-state index in [4.69, 9.17) is 11.6 Å². The van der Waals surface area contributed by atoms with Crippen LogP contribution in [0.5, 0.6) is 0 Å². The van der Waals surface area contributed by atoms with Crippen LogP contribution in [0.2, 0.25) is 5.02 Å². The maximum absolute atomic E-state index is 5.89. The Kier molecular flexibility index (Phi) is 4.24. The first-order valence-corrected chi connectivity index (χ1v) is 8.15. The molecule has 0 bridgehead atoms. The number of fused-ring (bicyclic) bond motifs is 1. The number of pyridine rings is 2. The summed E-state index contributed by atoms with van der Waals surface area (Å²) in [5.41, 5.74) is 3.08. The Bertz CT molecular complexity index is 746. The predicted octanol–water partition coefficient (Wildman–Crippen LogP) is 5.34. The zero-order valence-corrected chi connectivity index (χ0v) is 13.5. The van der Waals surface area contributed by atoms with Gasteiger partial charge in [0, 0.05) is 32.5 Å². The number of hydrogen-bond donors (Lipinski definition) is 0. The normalized spacial score (nSPS) is 10.9. The summed E-state index contributed by atoms with van der Waals surface area (Å²) in [5.74, 6) is 0.883. The van der Waals surface area contributed by atoms with Crippen molar-refractivity contribution in [1.29, 1.82) is 0 Å². The second kappa shape index (κ2) is 6.12. The molecule has 0 aliphatic carbocycles. The molecule has 0 saturated heterocycles. The third-order valence-corrected chi connectivity index (χ3v) is 4.62. The molecule has 0 saturated carbocycles. The number of rotatable bonds is 3. The summed E-state index contributed by atoms with van der Waals surface area (Å²) in [6.45, 7) is 0. The highest BCUT2D eigenvalue weighted by molar-refractivity contribution is 9.10. The summed E-state index contributed by atoms with van der Waals surface area (Å²) in [4.78, 5) is 9.94. The third-order valence-electron chi connectivity index (χ3n) is 2.81. The maximum atomic E-state index is 5.89. The quantitative estimate of drug-likeness (QED) is 0.586. The van der Waals surface area contributed by atoms with Gasteiger partial charge in [0.15, 0.2) is 0 Å². The standard InChI is InChI=1S/C15H10BrClN2S/c16-11-7-13-15(19-8-11)14(5-6-18-13)20-9-10-1-3-12(17)4-2-10/h1-8H,9H2. The first-order valence-electron chi connectivity index (χ1n) is 6.00. The molecule has 0 atom stereocenters. The lowest BCUT2D eigenvalue weighted by Crippen LogP contribution is -1.87. The van der Waals surface area contributed by atoms with E-state index < -0.39 is 0 Å². The van der Waals surface area contributed by atoms with Gasteiger partial charge in [-0.15, -0.1) is 11.8 Å². The van der Waals surface area contributed by atoms with Crippen LogP contribution in [0, 0.1) is 0 Å². The fourth-order valence-electron chi connectivity index (χ4n) is 1.84. The molecule has 0 radical (unpaired) electrons. The number of aromatic nitrogens is 2. The first-order chi connectivity index (χ1) is 9.72. The van der Waals surface area contributed by atoms with E-state index in [1.807, 2.05) is 42.6 Å².